The number of likely N-dealkylation sites (N-methyl/N-ethyl adjacent to an activating group) is 1. The number of benzene rings is 3. The first-order chi connectivity index (χ1) is 19.5. The molecular weight excluding hydrogens is 544 g/mol. The largest absolute Gasteiger partial charge is 0.490 e. The van der Waals surface area contributed by atoms with Gasteiger partial charge in [-0.15, -0.1) is 0 Å². The normalized spacial score (nSPS) is 13.6. The number of anilines is 3. The van der Waals surface area contributed by atoms with Crippen molar-refractivity contribution in [2.24, 2.45) is 0 Å². The van der Waals surface area contributed by atoms with Gasteiger partial charge in [-0.3, -0.25) is 13.9 Å². The predicted octanol–water partition coefficient (Wildman–Crippen LogP) is 4.27. The van der Waals surface area contributed by atoms with Gasteiger partial charge in [0.1, 0.15) is 6.54 Å². The Kier molecular flexibility index (Phi) is 8.87. The molecule has 2 N–H and O–H groups in total. The highest BCUT2D eigenvalue weighted by molar-refractivity contribution is 7.92. The molecule has 0 aromatic heterocycles. The predicted molar refractivity (Wildman–Crippen MR) is 162 cm³/mol. The van der Waals surface area contributed by atoms with Gasteiger partial charge in [0.25, 0.3) is 5.91 Å². The quantitative estimate of drug-likeness (QED) is 0.326. The van der Waals surface area contributed by atoms with Crippen molar-refractivity contribution in [3.8, 4) is 11.5 Å². The molecule has 41 heavy (non-hydrogen) atoms. The Bertz CT molecular complexity index is 1570. The highest BCUT2D eigenvalue weighted by Crippen LogP contribution is 2.43. The summed E-state index contributed by atoms with van der Waals surface area (Å²) in [4.78, 5) is 27.0. The molecule has 1 aliphatic rings. The molecule has 11 heteroatoms. The van der Waals surface area contributed by atoms with Gasteiger partial charge in [0.05, 0.1) is 42.1 Å². The van der Waals surface area contributed by atoms with E-state index in [0.29, 0.717) is 58.6 Å². The van der Waals surface area contributed by atoms with Crippen molar-refractivity contribution in [1.29, 1.82) is 0 Å². The number of nitrogens with zero attached hydrogens (tertiary/aromatic N) is 2. The number of fused-ring (bicyclic) bond motifs is 1. The van der Waals surface area contributed by atoms with Crippen molar-refractivity contribution < 1.29 is 27.5 Å². The van der Waals surface area contributed by atoms with Crippen molar-refractivity contribution in [3.63, 3.8) is 0 Å². The van der Waals surface area contributed by atoms with Gasteiger partial charge in [-0.1, -0.05) is 30.3 Å². The number of carbonyl (C=O) groups excluding carboxylic acids is 2. The second-order valence-corrected chi connectivity index (χ2v) is 11.4. The van der Waals surface area contributed by atoms with E-state index < -0.39 is 10.0 Å². The average molecular weight is 579 g/mol. The molecule has 216 valence electrons. The first kappa shape index (κ1) is 29.5. The smallest absolute Gasteiger partial charge is 0.258 e. The monoisotopic (exact) mass is 578 g/mol. The minimum Gasteiger partial charge on any atom is -0.490 e. The molecule has 0 saturated heterocycles. The topological polar surface area (TPSA) is 117 Å². The maximum absolute atomic E-state index is 13.4. The fraction of sp³-hybridized carbons (Fsp3) is 0.267. The van der Waals surface area contributed by atoms with Gasteiger partial charge in [0.2, 0.25) is 15.9 Å². The maximum atomic E-state index is 13.4. The zero-order chi connectivity index (χ0) is 29.7. The number of rotatable bonds is 11. The molecule has 0 saturated carbocycles. The SMILES string of the molecule is CCOc1cc2c(cc1OCC)/C(=C(/Nc1ccc(N(CC(=O)N(C)C)S(C)(=O)=O)cc1)c1ccccc1)C(=O)N2. The molecule has 0 fully saturated rings. The Morgan fingerprint density at radius 1 is 0.927 bits per heavy atom. The zero-order valence-electron chi connectivity index (χ0n) is 23.7. The van der Waals surface area contributed by atoms with Crippen LogP contribution in [0.2, 0.25) is 0 Å². The second-order valence-electron chi connectivity index (χ2n) is 9.51. The van der Waals surface area contributed by atoms with Crippen molar-refractivity contribution >= 4 is 50.2 Å². The Hall–Kier alpha value is -4.51. The van der Waals surface area contributed by atoms with Crippen molar-refractivity contribution in [2.75, 3.05) is 55.0 Å². The van der Waals surface area contributed by atoms with Crippen LogP contribution >= 0.6 is 0 Å². The highest BCUT2D eigenvalue weighted by atomic mass is 32.2. The molecular formula is C30H34N4O6S. The van der Waals surface area contributed by atoms with Crippen LogP contribution in [0.1, 0.15) is 25.0 Å². The van der Waals surface area contributed by atoms with Crippen LogP contribution in [0.4, 0.5) is 17.1 Å². The molecule has 0 bridgehead atoms. The summed E-state index contributed by atoms with van der Waals surface area (Å²) in [5, 5.41) is 6.31. The van der Waals surface area contributed by atoms with E-state index in [1.54, 1.807) is 50.5 Å². The van der Waals surface area contributed by atoms with E-state index in [-0.39, 0.29) is 18.4 Å². The Morgan fingerprint density at radius 3 is 2.10 bits per heavy atom. The summed E-state index contributed by atoms with van der Waals surface area (Å²) >= 11 is 0. The molecule has 0 aliphatic carbocycles. The van der Waals surface area contributed by atoms with Crippen LogP contribution in [0.5, 0.6) is 11.5 Å². The van der Waals surface area contributed by atoms with Crippen LogP contribution in [0.25, 0.3) is 11.3 Å². The van der Waals surface area contributed by atoms with E-state index in [4.69, 9.17) is 9.47 Å². The zero-order valence-corrected chi connectivity index (χ0v) is 24.5. The van der Waals surface area contributed by atoms with Crippen LogP contribution in [-0.4, -0.2) is 65.2 Å². The van der Waals surface area contributed by atoms with Gasteiger partial charge in [-0.25, -0.2) is 8.42 Å². The lowest BCUT2D eigenvalue weighted by Crippen LogP contribution is -2.39. The summed E-state index contributed by atoms with van der Waals surface area (Å²) in [5.41, 5.74) is 3.99. The average Bonchev–Trinajstić information content (AvgIpc) is 3.25. The van der Waals surface area contributed by atoms with Crippen LogP contribution in [0.15, 0.2) is 66.7 Å². The summed E-state index contributed by atoms with van der Waals surface area (Å²) in [5.74, 6) is 0.442. The third kappa shape index (κ3) is 6.63. The summed E-state index contributed by atoms with van der Waals surface area (Å²) in [6, 6.07) is 19.6. The number of carbonyl (C=O) groups is 2. The van der Waals surface area contributed by atoms with E-state index in [2.05, 4.69) is 10.6 Å². The molecule has 0 unspecified atom stereocenters. The van der Waals surface area contributed by atoms with Crippen LogP contribution < -0.4 is 24.4 Å². The van der Waals surface area contributed by atoms with E-state index in [9.17, 15) is 18.0 Å². The van der Waals surface area contributed by atoms with Crippen LogP contribution in [0, 0.1) is 0 Å². The van der Waals surface area contributed by atoms with Gasteiger partial charge < -0.3 is 25.0 Å². The lowest BCUT2D eigenvalue weighted by molar-refractivity contribution is -0.127. The van der Waals surface area contributed by atoms with Crippen molar-refractivity contribution in [2.45, 2.75) is 13.8 Å². The molecule has 4 rings (SSSR count). The highest BCUT2D eigenvalue weighted by Gasteiger charge is 2.31. The van der Waals surface area contributed by atoms with E-state index in [1.165, 1.54) is 4.90 Å². The minimum atomic E-state index is -3.71. The molecule has 3 aromatic carbocycles. The Morgan fingerprint density at radius 2 is 1.54 bits per heavy atom. The third-order valence-corrected chi connectivity index (χ3v) is 7.48. The summed E-state index contributed by atoms with van der Waals surface area (Å²) < 4.78 is 37.6. The number of hydrogen-bond donors (Lipinski definition) is 2. The molecule has 10 nitrogen and oxygen atoms in total. The summed E-state index contributed by atoms with van der Waals surface area (Å²) in [6.45, 7) is 4.32. The van der Waals surface area contributed by atoms with Crippen molar-refractivity contribution in [3.05, 3.63) is 77.9 Å². The maximum Gasteiger partial charge on any atom is 0.258 e. The number of amides is 2. The Balaban J connectivity index is 1.78. The van der Waals surface area contributed by atoms with Gasteiger partial charge in [-0.05, 0) is 49.7 Å². The van der Waals surface area contributed by atoms with Gasteiger partial charge >= 0.3 is 0 Å². The fourth-order valence-corrected chi connectivity index (χ4v) is 5.22. The second kappa shape index (κ2) is 12.3. The number of sulfonamides is 1. The molecule has 3 aromatic rings. The first-order valence-corrected chi connectivity index (χ1v) is 15.0. The summed E-state index contributed by atoms with van der Waals surface area (Å²) in [7, 11) is -0.575. The number of ether oxygens (including phenoxy) is 2. The number of nitrogens with one attached hydrogen (secondary N) is 2. The molecule has 0 spiro atoms. The van der Waals surface area contributed by atoms with E-state index in [1.807, 2.05) is 44.2 Å². The van der Waals surface area contributed by atoms with E-state index >= 15 is 0 Å². The van der Waals surface area contributed by atoms with Crippen LogP contribution in [0.3, 0.4) is 0 Å². The molecule has 1 aliphatic heterocycles. The lowest BCUT2D eigenvalue weighted by Gasteiger charge is -2.24. The molecule has 0 atom stereocenters. The van der Waals surface area contributed by atoms with Gasteiger partial charge in [0.15, 0.2) is 11.5 Å². The van der Waals surface area contributed by atoms with Gasteiger partial charge in [-0.2, -0.15) is 0 Å². The third-order valence-electron chi connectivity index (χ3n) is 6.34. The lowest BCUT2D eigenvalue weighted by atomic mass is 9.99. The van der Waals surface area contributed by atoms with Crippen LogP contribution in [-0.2, 0) is 19.6 Å². The summed E-state index contributed by atoms with van der Waals surface area (Å²) in [6.07, 6.45) is 1.06. The molecule has 1 heterocycles. The minimum absolute atomic E-state index is 0.287. The molecule has 0 radical (unpaired) electrons. The molecule has 2 amide bonds. The first-order valence-electron chi connectivity index (χ1n) is 13.1. The Labute approximate surface area is 240 Å². The van der Waals surface area contributed by atoms with E-state index in [0.717, 1.165) is 16.1 Å². The van der Waals surface area contributed by atoms with Crippen molar-refractivity contribution in [1.82, 2.24) is 4.90 Å². The fourth-order valence-electron chi connectivity index (χ4n) is 4.37. The number of hydrogen-bond acceptors (Lipinski definition) is 7. The standard InChI is InChI=1S/C30H34N4O6S/c1-6-39-25-17-23-24(18-26(25)40-7-2)32-30(36)28(23)29(20-11-9-8-10-12-20)31-21-13-15-22(16-14-21)34(41(5,37)38)19-27(35)33(3)4/h8-18,31H,6-7,19H2,1-5H3,(H,32,36)/b29-28-. The van der Waals surface area contributed by atoms with Gasteiger partial charge in [0, 0.05) is 31.4 Å².